The Hall–Kier alpha value is -1.82. The molecule has 1 aromatic rings. The van der Waals surface area contributed by atoms with E-state index in [0.29, 0.717) is 5.92 Å². The quantitative estimate of drug-likeness (QED) is 0.842. The van der Waals surface area contributed by atoms with Crippen molar-refractivity contribution < 1.29 is 9.53 Å². The number of hydrogen-bond donors (Lipinski definition) is 0. The van der Waals surface area contributed by atoms with Crippen molar-refractivity contribution in [3.05, 3.63) is 18.3 Å². The Morgan fingerprint density at radius 3 is 2.68 bits per heavy atom. The lowest BCUT2D eigenvalue weighted by Gasteiger charge is -2.59. The van der Waals surface area contributed by atoms with E-state index in [4.69, 9.17) is 4.74 Å². The molecule has 4 fully saturated rings. The number of carbonyl (C=O) groups is 1. The number of fused-ring (bicyclic) bond motifs is 1. The number of morpholine rings is 1. The minimum atomic E-state index is 0.0189. The predicted molar refractivity (Wildman–Crippen MR) is 95.3 cm³/mol. The van der Waals surface area contributed by atoms with Crippen molar-refractivity contribution in [1.29, 1.82) is 0 Å². The van der Waals surface area contributed by atoms with Crippen LogP contribution in [0.15, 0.2) is 18.3 Å². The molecular formula is C19H26N4O2. The molecule has 0 spiro atoms. The van der Waals surface area contributed by atoms with E-state index in [1.54, 1.807) is 0 Å². The first kappa shape index (κ1) is 15.4. The first-order valence-corrected chi connectivity index (χ1v) is 9.56. The molecule has 134 valence electrons. The van der Waals surface area contributed by atoms with Crippen molar-refractivity contribution in [2.75, 3.05) is 42.8 Å². The highest BCUT2D eigenvalue weighted by atomic mass is 16.5. The molecule has 1 aromatic heterocycles. The van der Waals surface area contributed by atoms with Crippen molar-refractivity contribution in [3.63, 3.8) is 0 Å². The van der Waals surface area contributed by atoms with E-state index in [0.717, 1.165) is 56.7 Å². The zero-order valence-corrected chi connectivity index (χ0v) is 14.9. The van der Waals surface area contributed by atoms with Gasteiger partial charge >= 0.3 is 0 Å². The fourth-order valence-electron chi connectivity index (χ4n) is 5.06. The molecule has 1 aliphatic carbocycles. The molecule has 6 nitrogen and oxygen atoms in total. The van der Waals surface area contributed by atoms with E-state index in [-0.39, 0.29) is 11.4 Å². The molecule has 0 N–H and O–H groups in total. The molecular weight excluding hydrogens is 316 g/mol. The average molecular weight is 342 g/mol. The van der Waals surface area contributed by atoms with Gasteiger partial charge in [-0.1, -0.05) is 19.3 Å². The van der Waals surface area contributed by atoms with Crippen LogP contribution < -0.4 is 9.91 Å². The van der Waals surface area contributed by atoms with Crippen LogP contribution in [0.5, 0.6) is 0 Å². The molecule has 3 saturated heterocycles. The SMILES string of the molecule is CC12CN(c3ccc(N4CCOCC4)nc3)N1C(=O)CC2C1CCC1. The maximum Gasteiger partial charge on any atom is 0.242 e. The van der Waals surface area contributed by atoms with Gasteiger partial charge in [0.15, 0.2) is 0 Å². The minimum Gasteiger partial charge on any atom is -0.378 e. The molecule has 0 bridgehead atoms. The minimum absolute atomic E-state index is 0.0189. The van der Waals surface area contributed by atoms with Crippen molar-refractivity contribution in [2.24, 2.45) is 11.8 Å². The van der Waals surface area contributed by atoms with E-state index in [1.165, 1.54) is 19.3 Å². The number of aromatic nitrogens is 1. The number of rotatable bonds is 3. The first-order valence-electron chi connectivity index (χ1n) is 9.56. The molecule has 2 atom stereocenters. The second-order valence-corrected chi connectivity index (χ2v) is 8.10. The molecule has 3 aliphatic heterocycles. The van der Waals surface area contributed by atoms with Gasteiger partial charge < -0.3 is 9.64 Å². The number of hydrazine groups is 1. The maximum absolute atomic E-state index is 12.6. The number of hydrogen-bond acceptors (Lipinski definition) is 5. The lowest BCUT2D eigenvalue weighted by molar-refractivity contribution is -0.138. The lowest BCUT2D eigenvalue weighted by Crippen LogP contribution is -2.73. The maximum atomic E-state index is 12.6. The van der Waals surface area contributed by atoms with Crippen molar-refractivity contribution in [1.82, 2.24) is 9.99 Å². The van der Waals surface area contributed by atoms with E-state index < -0.39 is 0 Å². The van der Waals surface area contributed by atoms with Crippen molar-refractivity contribution >= 4 is 17.4 Å². The summed E-state index contributed by atoms with van der Waals surface area (Å²) in [6.45, 7) is 6.51. The third kappa shape index (κ3) is 2.26. The Morgan fingerprint density at radius 2 is 2.04 bits per heavy atom. The van der Waals surface area contributed by atoms with Gasteiger partial charge in [-0.3, -0.25) is 9.80 Å². The zero-order chi connectivity index (χ0) is 17.0. The summed E-state index contributed by atoms with van der Waals surface area (Å²) in [6, 6.07) is 4.17. The second kappa shape index (κ2) is 5.59. The molecule has 6 heteroatoms. The van der Waals surface area contributed by atoms with Crippen LogP contribution in [-0.4, -0.2) is 54.3 Å². The largest absolute Gasteiger partial charge is 0.378 e. The standard InChI is InChI=1S/C19H26N4O2/c1-19-13-22(23(19)18(24)11-16(19)14-3-2-4-14)15-5-6-17(20-12-15)21-7-9-25-10-8-21/h5-6,12,14,16H,2-4,7-11,13H2,1H3. The van der Waals surface area contributed by atoms with Gasteiger partial charge in [0.05, 0.1) is 37.2 Å². The molecule has 4 heterocycles. The van der Waals surface area contributed by atoms with Gasteiger partial charge in [0.2, 0.25) is 5.91 Å². The van der Waals surface area contributed by atoms with Gasteiger partial charge in [-0.15, -0.1) is 0 Å². The van der Waals surface area contributed by atoms with Crippen LogP contribution in [0.3, 0.4) is 0 Å². The third-order valence-electron chi connectivity index (χ3n) is 6.71. The molecule has 2 unspecified atom stereocenters. The summed E-state index contributed by atoms with van der Waals surface area (Å²) in [4.78, 5) is 19.5. The third-order valence-corrected chi connectivity index (χ3v) is 6.71. The molecule has 0 aromatic carbocycles. The van der Waals surface area contributed by atoms with Crippen LogP contribution in [0, 0.1) is 11.8 Å². The highest BCUT2D eigenvalue weighted by Crippen LogP contribution is 2.53. The predicted octanol–water partition coefficient (Wildman–Crippen LogP) is 2.06. The Labute approximate surface area is 148 Å². The van der Waals surface area contributed by atoms with Gasteiger partial charge in [-0.25, -0.2) is 9.99 Å². The monoisotopic (exact) mass is 342 g/mol. The van der Waals surface area contributed by atoms with Crippen LogP contribution >= 0.6 is 0 Å². The normalized spacial score (nSPS) is 32.4. The Morgan fingerprint density at radius 1 is 1.24 bits per heavy atom. The summed E-state index contributed by atoms with van der Waals surface area (Å²) in [7, 11) is 0. The van der Waals surface area contributed by atoms with Crippen LogP contribution in [0.2, 0.25) is 0 Å². The van der Waals surface area contributed by atoms with Crippen LogP contribution in [0.25, 0.3) is 0 Å². The fraction of sp³-hybridized carbons (Fsp3) is 0.684. The number of amides is 1. The smallest absolute Gasteiger partial charge is 0.242 e. The van der Waals surface area contributed by atoms with Gasteiger partial charge in [-0.05, 0) is 30.9 Å². The molecule has 25 heavy (non-hydrogen) atoms. The number of ether oxygens (including phenoxy) is 1. The number of nitrogens with zero attached hydrogens (tertiary/aromatic N) is 4. The van der Waals surface area contributed by atoms with Gasteiger partial charge in [0.25, 0.3) is 0 Å². The number of pyridine rings is 1. The van der Waals surface area contributed by atoms with Crippen LogP contribution in [0.1, 0.15) is 32.6 Å². The second-order valence-electron chi connectivity index (χ2n) is 8.10. The van der Waals surface area contributed by atoms with E-state index in [1.807, 2.05) is 11.2 Å². The molecule has 0 radical (unpaired) electrons. The summed E-state index contributed by atoms with van der Waals surface area (Å²) >= 11 is 0. The van der Waals surface area contributed by atoms with Gasteiger partial charge in [-0.2, -0.15) is 0 Å². The summed E-state index contributed by atoms with van der Waals surface area (Å²) in [5, 5.41) is 4.14. The molecule has 5 rings (SSSR count). The molecule has 4 aliphatic rings. The van der Waals surface area contributed by atoms with E-state index in [9.17, 15) is 4.79 Å². The number of anilines is 2. The van der Waals surface area contributed by atoms with Gasteiger partial charge in [0.1, 0.15) is 5.82 Å². The highest BCUT2D eigenvalue weighted by Gasteiger charge is 2.62. The highest BCUT2D eigenvalue weighted by molar-refractivity contribution is 5.84. The summed E-state index contributed by atoms with van der Waals surface area (Å²) in [5.74, 6) is 2.56. The zero-order valence-electron chi connectivity index (χ0n) is 14.9. The molecule has 1 amide bonds. The number of carbonyl (C=O) groups excluding carboxylic acids is 1. The fourth-order valence-corrected chi connectivity index (χ4v) is 5.06. The summed E-state index contributed by atoms with van der Waals surface area (Å²) in [5.41, 5.74) is 1.04. The Bertz CT molecular complexity index is 669. The van der Waals surface area contributed by atoms with E-state index in [2.05, 4.69) is 33.9 Å². The lowest BCUT2D eigenvalue weighted by atomic mass is 9.67. The van der Waals surface area contributed by atoms with Crippen molar-refractivity contribution in [2.45, 2.75) is 38.1 Å². The summed E-state index contributed by atoms with van der Waals surface area (Å²) < 4.78 is 5.40. The van der Waals surface area contributed by atoms with E-state index >= 15 is 0 Å². The van der Waals surface area contributed by atoms with Gasteiger partial charge in [0, 0.05) is 19.5 Å². The Kier molecular flexibility index (Phi) is 3.45. The average Bonchev–Trinajstić information content (AvgIpc) is 2.76. The first-order chi connectivity index (χ1) is 12.2. The summed E-state index contributed by atoms with van der Waals surface area (Å²) in [6.07, 6.45) is 6.57. The van der Waals surface area contributed by atoms with Crippen LogP contribution in [-0.2, 0) is 9.53 Å². The van der Waals surface area contributed by atoms with Crippen LogP contribution in [0.4, 0.5) is 11.5 Å². The molecule has 1 saturated carbocycles. The Balaban J connectivity index is 1.32. The van der Waals surface area contributed by atoms with Crippen molar-refractivity contribution in [3.8, 4) is 0 Å². The topological polar surface area (TPSA) is 48.9 Å².